The summed E-state index contributed by atoms with van der Waals surface area (Å²) in [5.74, 6) is -1.10. The van der Waals surface area contributed by atoms with Crippen molar-refractivity contribution < 1.29 is 14.3 Å². The molecule has 64 valence electrons. The largest absolute Gasteiger partial charge is 0.460 e. The van der Waals surface area contributed by atoms with Crippen molar-refractivity contribution in [3.05, 3.63) is 0 Å². The van der Waals surface area contributed by atoms with Crippen LogP contribution >= 0.6 is 0 Å². The topological polar surface area (TPSA) is 43.4 Å². The quantitative estimate of drug-likeness (QED) is 0.447. The van der Waals surface area contributed by atoms with E-state index in [1.165, 1.54) is 0 Å². The number of ketones is 1. The van der Waals surface area contributed by atoms with Crippen LogP contribution in [-0.4, -0.2) is 18.4 Å². The van der Waals surface area contributed by atoms with E-state index in [-0.39, 0.29) is 6.61 Å². The fraction of sp³-hybridized carbons (Fsp3) is 0.750. The first-order chi connectivity index (χ1) is 5.22. The molecule has 3 heteroatoms. The van der Waals surface area contributed by atoms with Gasteiger partial charge < -0.3 is 4.74 Å². The van der Waals surface area contributed by atoms with Gasteiger partial charge in [-0.3, -0.25) is 4.79 Å². The Morgan fingerprint density at radius 3 is 2.36 bits per heavy atom. The average molecular weight is 158 g/mol. The van der Waals surface area contributed by atoms with E-state index in [0.717, 1.165) is 12.8 Å². The molecule has 0 aromatic rings. The lowest BCUT2D eigenvalue weighted by molar-refractivity contribution is -0.153. The Kier molecular flexibility index (Phi) is 5.43. The molecule has 0 rings (SSSR count). The number of ether oxygens (including phenoxy) is 1. The molecule has 0 saturated carbocycles. The number of esters is 1. The average Bonchev–Trinajstić information content (AvgIpc) is 2.00. The van der Waals surface area contributed by atoms with E-state index in [9.17, 15) is 9.59 Å². The Labute approximate surface area is 66.7 Å². The van der Waals surface area contributed by atoms with E-state index >= 15 is 0 Å². The fourth-order valence-corrected chi connectivity index (χ4v) is 0.651. The first kappa shape index (κ1) is 10.1. The molecule has 0 aliphatic rings. The minimum absolute atomic E-state index is 0.275. The van der Waals surface area contributed by atoms with Crippen LogP contribution in [0.3, 0.4) is 0 Å². The smallest absolute Gasteiger partial charge is 0.374 e. The summed E-state index contributed by atoms with van der Waals surface area (Å²) >= 11 is 0. The summed E-state index contributed by atoms with van der Waals surface area (Å²) in [5, 5.41) is 0. The minimum atomic E-state index is -0.694. The third-order valence-electron chi connectivity index (χ3n) is 1.26. The number of hydrogen-bond acceptors (Lipinski definition) is 3. The molecule has 0 heterocycles. The van der Waals surface area contributed by atoms with Crippen molar-refractivity contribution in [2.75, 3.05) is 6.61 Å². The van der Waals surface area contributed by atoms with Gasteiger partial charge in [0.05, 0.1) is 6.61 Å². The lowest BCUT2D eigenvalue weighted by Gasteiger charge is -1.98. The van der Waals surface area contributed by atoms with Crippen molar-refractivity contribution in [1.29, 1.82) is 0 Å². The van der Waals surface area contributed by atoms with Gasteiger partial charge in [-0.1, -0.05) is 13.3 Å². The first-order valence-electron chi connectivity index (χ1n) is 3.92. The van der Waals surface area contributed by atoms with Gasteiger partial charge in [-0.15, -0.1) is 0 Å². The van der Waals surface area contributed by atoms with Crippen molar-refractivity contribution in [3.63, 3.8) is 0 Å². The summed E-state index contributed by atoms with van der Waals surface area (Å²) in [7, 11) is 0. The van der Waals surface area contributed by atoms with E-state index < -0.39 is 11.8 Å². The normalized spacial score (nSPS) is 9.27. The second-order valence-electron chi connectivity index (χ2n) is 2.25. The second kappa shape index (κ2) is 5.89. The zero-order chi connectivity index (χ0) is 8.69. The van der Waals surface area contributed by atoms with Gasteiger partial charge >= 0.3 is 5.97 Å². The highest BCUT2D eigenvalue weighted by atomic mass is 16.5. The zero-order valence-corrected chi connectivity index (χ0v) is 7.05. The highest BCUT2D eigenvalue weighted by Crippen LogP contribution is 1.96. The van der Waals surface area contributed by atoms with Gasteiger partial charge in [0.1, 0.15) is 0 Å². The number of rotatable bonds is 5. The molecule has 0 N–H and O–H groups in total. The van der Waals surface area contributed by atoms with Gasteiger partial charge in [-0.05, 0) is 13.3 Å². The van der Waals surface area contributed by atoms with Crippen LogP contribution in [0.5, 0.6) is 0 Å². The summed E-state index contributed by atoms with van der Waals surface area (Å²) in [5.41, 5.74) is 0. The van der Waals surface area contributed by atoms with E-state index in [0.29, 0.717) is 6.42 Å². The molecular weight excluding hydrogens is 144 g/mol. The van der Waals surface area contributed by atoms with E-state index in [1.54, 1.807) is 6.92 Å². The van der Waals surface area contributed by atoms with Gasteiger partial charge in [0.2, 0.25) is 5.78 Å². The van der Waals surface area contributed by atoms with Crippen LogP contribution in [0.15, 0.2) is 0 Å². The fourth-order valence-electron chi connectivity index (χ4n) is 0.651. The SMILES string of the molecule is CCCCC(=O)C(=O)OCC. The standard InChI is InChI=1S/C8H14O3/c1-3-5-6-7(9)8(10)11-4-2/h3-6H2,1-2H3. The Bertz CT molecular complexity index is 140. The number of hydrogen-bond donors (Lipinski definition) is 0. The van der Waals surface area contributed by atoms with Gasteiger partial charge in [0.15, 0.2) is 0 Å². The lowest BCUT2D eigenvalue weighted by atomic mass is 10.2. The van der Waals surface area contributed by atoms with E-state index in [2.05, 4.69) is 4.74 Å². The van der Waals surface area contributed by atoms with Crippen LogP contribution in [0.4, 0.5) is 0 Å². The van der Waals surface area contributed by atoms with Gasteiger partial charge in [-0.2, -0.15) is 0 Å². The van der Waals surface area contributed by atoms with Gasteiger partial charge in [0, 0.05) is 6.42 Å². The van der Waals surface area contributed by atoms with Crippen molar-refractivity contribution in [1.82, 2.24) is 0 Å². The van der Waals surface area contributed by atoms with Crippen LogP contribution in [0.25, 0.3) is 0 Å². The zero-order valence-electron chi connectivity index (χ0n) is 7.05. The Morgan fingerprint density at radius 2 is 1.91 bits per heavy atom. The predicted octanol–water partition coefficient (Wildman–Crippen LogP) is 1.31. The first-order valence-corrected chi connectivity index (χ1v) is 3.92. The van der Waals surface area contributed by atoms with Crippen molar-refractivity contribution >= 4 is 11.8 Å². The van der Waals surface area contributed by atoms with Crippen LogP contribution in [-0.2, 0) is 14.3 Å². The molecule has 0 saturated heterocycles. The predicted molar refractivity (Wildman–Crippen MR) is 41.2 cm³/mol. The third kappa shape index (κ3) is 4.53. The minimum Gasteiger partial charge on any atom is -0.460 e. The number of carbonyl (C=O) groups is 2. The molecule has 0 amide bonds. The summed E-state index contributed by atoms with van der Waals surface area (Å²) < 4.78 is 4.51. The molecule has 0 unspecified atom stereocenters. The molecule has 11 heavy (non-hydrogen) atoms. The molecule has 0 aliphatic carbocycles. The molecule has 0 spiro atoms. The van der Waals surface area contributed by atoms with E-state index in [4.69, 9.17) is 0 Å². The van der Waals surface area contributed by atoms with Crippen molar-refractivity contribution in [2.45, 2.75) is 33.1 Å². The van der Waals surface area contributed by atoms with Crippen LogP contribution in [0.1, 0.15) is 33.1 Å². The summed E-state index contributed by atoms with van der Waals surface area (Å²) in [4.78, 5) is 21.5. The Hall–Kier alpha value is -0.860. The van der Waals surface area contributed by atoms with Gasteiger partial charge in [0.25, 0.3) is 0 Å². The van der Waals surface area contributed by atoms with E-state index in [1.807, 2.05) is 6.92 Å². The highest BCUT2D eigenvalue weighted by molar-refractivity contribution is 6.33. The molecule has 0 fully saturated rings. The molecule has 0 bridgehead atoms. The summed E-state index contributed by atoms with van der Waals surface area (Å²) in [6.45, 7) is 3.93. The Morgan fingerprint density at radius 1 is 1.27 bits per heavy atom. The van der Waals surface area contributed by atoms with Crippen molar-refractivity contribution in [2.24, 2.45) is 0 Å². The second-order valence-corrected chi connectivity index (χ2v) is 2.25. The summed E-state index contributed by atoms with van der Waals surface area (Å²) in [6.07, 6.45) is 2.00. The molecule has 0 aromatic heterocycles. The molecule has 0 aromatic carbocycles. The Balaban J connectivity index is 3.56. The number of unbranched alkanes of at least 4 members (excludes halogenated alkanes) is 1. The summed E-state index contributed by atoms with van der Waals surface area (Å²) in [6, 6.07) is 0. The molecular formula is C8H14O3. The van der Waals surface area contributed by atoms with Crippen LogP contribution < -0.4 is 0 Å². The molecule has 0 radical (unpaired) electrons. The van der Waals surface area contributed by atoms with Crippen LogP contribution in [0.2, 0.25) is 0 Å². The maximum atomic E-state index is 10.8. The van der Waals surface area contributed by atoms with Crippen molar-refractivity contribution in [3.8, 4) is 0 Å². The third-order valence-corrected chi connectivity index (χ3v) is 1.26. The monoisotopic (exact) mass is 158 g/mol. The molecule has 3 nitrogen and oxygen atoms in total. The maximum absolute atomic E-state index is 10.8. The van der Waals surface area contributed by atoms with Gasteiger partial charge in [-0.25, -0.2) is 4.79 Å². The number of Topliss-reactive ketones (excluding diaryl/α,β-unsaturated/α-hetero) is 1. The molecule has 0 aliphatic heterocycles. The molecule has 0 atom stereocenters. The maximum Gasteiger partial charge on any atom is 0.374 e. The van der Waals surface area contributed by atoms with Crippen LogP contribution in [0, 0.1) is 0 Å². The highest BCUT2D eigenvalue weighted by Gasteiger charge is 2.12. The lowest BCUT2D eigenvalue weighted by Crippen LogP contribution is -2.16. The number of carbonyl (C=O) groups excluding carboxylic acids is 2.